The van der Waals surface area contributed by atoms with Gasteiger partial charge in [-0.05, 0) is 18.0 Å². The highest BCUT2D eigenvalue weighted by Crippen LogP contribution is 2.01. The summed E-state index contributed by atoms with van der Waals surface area (Å²) in [5, 5.41) is 3.21. The van der Waals surface area contributed by atoms with Gasteiger partial charge in [-0.1, -0.05) is 44.2 Å². The molecule has 0 atom stereocenters. The lowest BCUT2D eigenvalue weighted by atomic mass is 10.2. The summed E-state index contributed by atoms with van der Waals surface area (Å²) < 4.78 is 5.16. The van der Waals surface area contributed by atoms with Crippen molar-refractivity contribution in [3.8, 4) is 0 Å². The molecule has 0 bridgehead atoms. The fourth-order valence-corrected chi connectivity index (χ4v) is 1.39. The van der Waals surface area contributed by atoms with Gasteiger partial charge < -0.3 is 10.1 Å². The van der Waals surface area contributed by atoms with Crippen LogP contribution < -0.4 is 5.32 Å². The van der Waals surface area contributed by atoms with Crippen LogP contribution in [0.1, 0.15) is 25.8 Å². The largest absolute Gasteiger partial charge is 0.461 e. The Balaban J connectivity index is 2.09. The van der Waals surface area contributed by atoms with Crippen LogP contribution in [0.25, 0.3) is 0 Å². The maximum absolute atomic E-state index is 11.4. The summed E-state index contributed by atoms with van der Waals surface area (Å²) in [4.78, 5) is 11.4. The molecule has 0 unspecified atom stereocenters. The van der Waals surface area contributed by atoms with Gasteiger partial charge in [0.1, 0.15) is 6.61 Å². The summed E-state index contributed by atoms with van der Waals surface area (Å²) in [5.41, 5.74) is 1.02. The van der Waals surface area contributed by atoms with E-state index in [1.807, 2.05) is 30.3 Å². The molecule has 1 rings (SSSR count). The minimum Gasteiger partial charge on any atom is -0.461 e. The normalized spacial score (nSPS) is 10.5. The lowest BCUT2D eigenvalue weighted by molar-refractivity contribution is -0.144. The molecule has 0 radical (unpaired) electrons. The molecule has 0 fully saturated rings. The molecule has 3 heteroatoms. The second-order valence-electron chi connectivity index (χ2n) is 4.49. The van der Waals surface area contributed by atoms with Crippen molar-refractivity contribution < 1.29 is 9.53 Å². The number of carbonyl (C=O) groups excluding carboxylic acids is 1. The minimum atomic E-state index is -0.148. The zero-order valence-corrected chi connectivity index (χ0v) is 10.6. The highest BCUT2D eigenvalue weighted by molar-refractivity contribution is 5.69. The van der Waals surface area contributed by atoms with E-state index in [1.54, 1.807) is 0 Å². The van der Waals surface area contributed by atoms with E-state index in [9.17, 15) is 4.79 Å². The van der Waals surface area contributed by atoms with Gasteiger partial charge in [0.15, 0.2) is 0 Å². The van der Waals surface area contributed by atoms with Crippen molar-refractivity contribution >= 4 is 5.97 Å². The first-order chi connectivity index (χ1) is 8.18. The van der Waals surface area contributed by atoms with Gasteiger partial charge in [0, 0.05) is 6.54 Å². The molecule has 0 saturated carbocycles. The van der Waals surface area contributed by atoms with E-state index in [0.717, 1.165) is 12.1 Å². The van der Waals surface area contributed by atoms with Gasteiger partial charge in [0.05, 0.1) is 6.42 Å². The second-order valence-corrected chi connectivity index (χ2v) is 4.49. The lowest BCUT2D eigenvalue weighted by Gasteiger charge is -2.07. The van der Waals surface area contributed by atoms with Crippen LogP contribution in [0.15, 0.2) is 30.3 Å². The fourth-order valence-electron chi connectivity index (χ4n) is 1.39. The summed E-state index contributed by atoms with van der Waals surface area (Å²) in [7, 11) is 0. The van der Waals surface area contributed by atoms with Crippen molar-refractivity contribution in [1.29, 1.82) is 0 Å². The van der Waals surface area contributed by atoms with E-state index < -0.39 is 0 Å². The van der Waals surface area contributed by atoms with E-state index in [2.05, 4.69) is 19.2 Å². The van der Waals surface area contributed by atoms with Crippen molar-refractivity contribution in [2.24, 2.45) is 5.92 Å². The van der Waals surface area contributed by atoms with E-state index in [-0.39, 0.29) is 5.97 Å². The summed E-state index contributed by atoms with van der Waals surface area (Å²) in [6.45, 7) is 6.27. The summed E-state index contributed by atoms with van der Waals surface area (Å²) >= 11 is 0. The van der Waals surface area contributed by atoms with E-state index in [1.165, 1.54) is 0 Å². The van der Waals surface area contributed by atoms with Gasteiger partial charge in [-0.25, -0.2) is 0 Å². The van der Waals surface area contributed by atoms with Gasteiger partial charge in [-0.2, -0.15) is 0 Å². The van der Waals surface area contributed by atoms with Gasteiger partial charge in [-0.3, -0.25) is 4.79 Å². The third-order valence-corrected chi connectivity index (χ3v) is 2.30. The number of nitrogens with one attached hydrogen (secondary N) is 1. The third kappa shape index (κ3) is 6.74. The third-order valence-electron chi connectivity index (χ3n) is 2.30. The van der Waals surface area contributed by atoms with E-state index in [4.69, 9.17) is 4.74 Å². The molecule has 0 amide bonds. The van der Waals surface area contributed by atoms with Crippen LogP contribution in [0, 0.1) is 5.92 Å². The van der Waals surface area contributed by atoms with Crippen LogP contribution in [-0.4, -0.2) is 19.1 Å². The first-order valence-electron chi connectivity index (χ1n) is 6.08. The maximum Gasteiger partial charge on any atom is 0.307 e. The average Bonchev–Trinajstić information content (AvgIpc) is 2.33. The van der Waals surface area contributed by atoms with Crippen molar-refractivity contribution in [2.75, 3.05) is 13.1 Å². The van der Waals surface area contributed by atoms with E-state index in [0.29, 0.717) is 25.5 Å². The molecule has 94 valence electrons. The van der Waals surface area contributed by atoms with Crippen molar-refractivity contribution in [1.82, 2.24) is 5.32 Å². The number of hydrogen-bond acceptors (Lipinski definition) is 3. The Hall–Kier alpha value is -1.35. The molecular formula is C14H21NO2. The van der Waals surface area contributed by atoms with Crippen LogP contribution in [-0.2, 0) is 16.1 Å². The number of benzene rings is 1. The Morgan fingerprint density at radius 1 is 1.29 bits per heavy atom. The molecule has 1 aromatic carbocycles. The first kappa shape index (κ1) is 13.7. The summed E-state index contributed by atoms with van der Waals surface area (Å²) in [6.07, 6.45) is 0.430. The van der Waals surface area contributed by atoms with Gasteiger partial charge in [-0.15, -0.1) is 0 Å². The molecule has 0 aliphatic heterocycles. The molecule has 0 saturated heterocycles. The molecule has 0 aliphatic carbocycles. The zero-order valence-electron chi connectivity index (χ0n) is 10.6. The quantitative estimate of drug-likeness (QED) is 0.582. The first-order valence-corrected chi connectivity index (χ1v) is 6.08. The molecule has 0 aliphatic rings. The van der Waals surface area contributed by atoms with Gasteiger partial charge in [0.2, 0.25) is 0 Å². The smallest absolute Gasteiger partial charge is 0.307 e. The lowest BCUT2D eigenvalue weighted by Crippen LogP contribution is -2.23. The number of hydrogen-bond donors (Lipinski definition) is 1. The average molecular weight is 235 g/mol. The van der Waals surface area contributed by atoms with Crippen LogP contribution >= 0.6 is 0 Å². The molecule has 17 heavy (non-hydrogen) atoms. The summed E-state index contributed by atoms with van der Waals surface area (Å²) in [5.74, 6) is 0.459. The Morgan fingerprint density at radius 2 is 2.00 bits per heavy atom. The number of ether oxygens (including phenoxy) is 1. The number of rotatable bonds is 7. The second kappa shape index (κ2) is 7.85. The van der Waals surface area contributed by atoms with E-state index >= 15 is 0 Å². The summed E-state index contributed by atoms with van der Waals surface area (Å²) in [6, 6.07) is 9.72. The predicted molar refractivity (Wildman–Crippen MR) is 68.6 cm³/mol. The Labute approximate surface area is 103 Å². The zero-order chi connectivity index (χ0) is 12.5. The number of esters is 1. The van der Waals surface area contributed by atoms with Gasteiger partial charge in [0.25, 0.3) is 0 Å². The fraction of sp³-hybridized carbons (Fsp3) is 0.500. The SMILES string of the molecule is CC(C)CNCCC(=O)OCc1ccccc1. The molecule has 0 heterocycles. The van der Waals surface area contributed by atoms with Crippen molar-refractivity contribution in [3.05, 3.63) is 35.9 Å². The monoisotopic (exact) mass is 235 g/mol. The van der Waals surface area contributed by atoms with Gasteiger partial charge >= 0.3 is 5.97 Å². The molecule has 1 aromatic rings. The standard InChI is InChI=1S/C14H21NO2/c1-12(2)10-15-9-8-14(16)17-11-13-6-4-3-5-7-13/h3-7,12,15H,8-11H2,1-2H3. The highest BCUT2D eigenvalue weighted by Gasteiger charge is 2.03. The Morgan fingerprint density at radius 3 is 2.65 bits per heavy atom. The molecule has 0 aromatic heterocycles. The molecule has 3 nitrogen and oxygen atoms in total. The Bertz CT molecular complexity index is 322. The van der Waals surface area contributed by atoms with Crippen molar-refractivity contribution in [3.63, 3.8) is 0 Å². The van der Waals surface area contributed by atoms with Crippen LogP contribution in [0.5, 0.6) is 0 Å². The molecule has 0 spiro atoms. The predicted octanol–water partition coefficient (Wildman–Crippen LogP) is 2.37. The topological polar surface area (TPSA) is 38.3 Å². The van der Waals surface area contributed by atoms with Crippen LogP contribution in [0.2, 0.25) is 0 Å². The highest BCUT2D eigenvalue weighted by atomic mass is 16.5. The Kier molecular flexibility index (Phi) is 6.33. The molecule has 1 N–H and O–H groups in total. The van der Waals surface area contributed by atoms with Crippen LogP contribution in [0.3, 0.4) is 0 Å². The van der Waals surface area contributed by atoms with Crippen molar-refractivity contribution in [2.45, 2.75) is 26.9 Å². The maximum atomic E-state index is 11.4. The minimum absolute atomic E-state index is 0.148. The number of carbonyl (C=O) groups is 1. The molecular weight excluding hydrogens is 214 g/mol. The van der Waals surface area contributed by atoms with Crippen LogP contribution in [0.4, 0.5) is 0 Å².